The van der Waals surface area contributed by atoms with E-state index in [0.29, 0.717) is 54.0 Å². The quantitative estimate of drug-likeness (QED) is 0.0484. The molecule has 3 fully saturated rings. The fraction of sp³-hybridized carbons (Fsp3) is 0.417. The van der Waals surface area contributed by atoms with Crippen molar-refractivity contribution in [1.29, 1.82) is 0 Å². The highest BCUT2D eigenvalue weighted by Crippen LogP contribution is 2.72. The van der Waals surface area contributed by atoms with Crippen molar-refractivity contribution in [3.63, 3.8) is 0 Å². The third-order valence-electron chi connectivity index (χ3n) is 14.8. The summed E-state index contributed by atoms with van der Waals surface area (Å²) in [5, 5.41) is 69.5. The number of aliphatic imine (C=N–C) groups is 2. The number of nitrogens with one attached hydrogen (secondary N) is 1. The number of rotatable bonds is 10. The van der Waals surface area contributed by atoms with Gasteiger partial charge in [-0.1, -0.05) is 86.0 Å². The maximum atomic E-state index is 12.0. The molecule has 0 amide bonds. The molecule has 0 aromatic heterocycles. The van der Waals surface area contributed by atoms with Gasteiger partial charge in [0, 0.05) is 36.2 Å². The molecule has 0 saturated heterocycles. The van der Waals surface area contributed by atoms with Crippen LogP contribution in [0, 0.1) is 28.1 Å². The molecule has 2 spiro atoms. The molecular formula is C48H53N3O6. The number of fused-ring (bicyclic) bond motifs is 1. The monoisotopic (exact) mass is 767 g/mol. The summed E-state index contributed by atoms with van der Waals surface area (Å²) in [6.07, 6.45) is 21.3. The highest BCUT2D eigenvalue weighted by molar-refractivity contribution is 6.34. The molecule has 5 atom stereocenters. The molecule has 9 nitrogen and oxygen atoms in total. The van der Waals surface area contributed by atoms with Gasteiger partial charge in [0.2, 0.25) is 0 Å². The van der Waals surface area contributed by atoms with Crippen LogP contribution in [0.4, 0.5) is 0 Å². The minimum absolute atomic E-state index is 0.0929. The van der Waals surface area contributed by atoms with Crippen molar-refractivity contribution < 1.29 is 30.6 Å². The van der Waals surface area contributed by atoms with E-state index in [1.54, 1.807) is 30.4 Å². The van der Waals surface area contributed by atoms with Gasteiger partial charge < -0.3 is 36.0 Å². The number of benzene rings is 4. The fourth-order valence-electron chi connectivity index (χ4n) is 12.2. The van der Waals surface area contributed by atoms with Gasteiger partial charge in [-0.05, 0) is 114 Å². The van der Waals surface area contributed by atoms with E-state index in [9.17, 15) is 30.6 Å². The Morgan fingerprint density at radius 3 is 2.33 bits per heavy atom. The number of aryl methyl sites for hydroxylation is 1. The number of allylic oxidation sites excluding steroid dienone is 1. The minimum atomic E-state index is -0.498. The van der Waals surface area contributed by atoms with E-state index in [1.807, 2.05) is 6.21 Å². The molecule has 9 rings (SSSR count). The van der Waals surface area contributed by atoms with Gasteiger partial charge in [-0.2, -0.15) is 0 Å². The van der Waals surface area contributed by atoms with Crippen LogP contribution in [0.25, 0.3) is 22.9 Å². The first-order valence-electron chi connectivity index (χ1n) is 20.7. The Hall–Kier alpha value is -5.12. The summed E-state index contributed by atoms with van der Waals surface area (Å²) in [5.74, 6) is -0.625. The van der Waals surface area contributed by atoms with Gasteiger partial charge in [0.15, 0.2) is 23.0 Å². The number of aliphatic hydroxyl groups is 1. The van der Waals surface area contributed by atoms with Crippen LogP contribution in [-0.4, -0.2) is 61.9 Å². The van der Waals surface area contributed by atoms with Crippen molar-refractivity contribution in [2.24, 2.45) is 38.1 Å². The molecule has 57 heavy (non-hydrogen) atoms. The van der Waals surface area contributed by atoms with Crippen molar-refractivity contribution >= 4 is 34.9 Å². The summed E-state index contributed by atoms with van der Waals surface area (Å²) in [6.45, 7) is 1.91. The first kappa shape index (κ1) is 37.5. The predicted molar refractivity (Wildman–Crippen MR) is 225 cm³/mol. The molecule has 0 unspecified atom stereocenters. The van der Waals surface area contributed by atoms with Crippen molar-refractivity contribution in [2.75, 3.05) is 13.2 Å². The zero-order valence-corrected chi connectivity index (χ0v) is 32.4. The normalized spacial score (nSPS) is 27.4. The number of phenols is 5. The maximum Gasteiger partial charge on any atom is 0.169 e. The van der Waals surface area contributed by atoms with Crippen LogP contribution >= 0.6 is 0 Å². The molecule has 0 bridgehead atoms. The standard InChI is InChI=1S/C48H53N3O6/c52-37-18-14-31(25-40(37)55)13-16-34-35-6-3-7-38(53)42(35)44(57)43(56)36(34)17-12-30-8-10-32(11-9-30)26-49-28-48(41-27-50-29-51-41)45-39(54)19-15-33-5-4-22-47(33,45)24-23-46(48)20-1-2-21-46/h3,6-11,13-16,18-19,25,27,33,39,45,49,52-57H,1-2,4-5,12,17,20-24,26,28-29H2/b16-13+/t33-,39+,45-,47+,48-/m0/s1. The van der Waals surface area contributed by atoms with Gasteiger partial charge in [0.05, 0.1) is 17.2 Å². The molecule has 0 radical (unpaired) electrons. The number of aliphatic hydroxyl groups excluding tert-OH is 1. The van der Waals surface area contributed by atoms with Gasteiger partial charge in [-0.3, -0.25) is 9.98 Å². The average molecular weight is 768 g/mol. The van der Waals surface area contributed by atoms with E-state index in [0.717, 1.165) is 23.4 Å². The average Bonchev–Trinajstić information content (AvgIpc) is 4.01. The van der Waals surface area contributed by atoms with Gasteiger partial charge in [-0.15, -0.1) is 0 Å². The van der Waals surface area contributed by atoms with E-state index < -0.39 is 6.10 Å². The molecule has 4 aromatic carbocycles. The summed E-state index contributed by atoms with van der Waals surface area (Å²) < 4.78 is 0. The molecule has 9 heteroatoms. The van der Waals surface area contributed by atoms with E-state index in [-0.39, 0.29) is 56.3 Å². The molecule has 3 saturated carbocycles. The summed E-state index contributed by atoms with van der Waals surface area (Å²) in [6, 6.07) is 18.0. The topological polar surface area (TPSA) is 158 Å². The summed E-state index contributed by atoms with van der Waals surface area (Å²) in [4.78, 5) is 9.74. The van der Waals surface area contributed by atoms with Crippen LogP contribution in [0.2, 0.25) is 0 Å². The van der Waals surface area contributed by atoms with Gasteiger partial charge in [0.25, 0.3) is 0 Å². The Morgan fingerprint density at radius 2 is 1.56 bits per heavy atom. The lowest BCUT2D eigenvalue weighted by Crippen LogP contribution is -2.67. The van der Waals surface area contributed by atoms with Crippen molar-refractivity contribution in [3.8, 4) is 28.7 Å². The lowest BCUT2D eigenvalue weighted by atomic mass is 9.39. The summed E-state index contributed by atoms with van der Waals surface area (Å²) in [7, 11) is 0. The van der Waals surface area contributed by atoms with Crippen molar-refractivity contribution in [3.05, 3.63) is 101 Å². The molecular weight excluding hydrogens is 715 g/mol. The smallest absolute Gasteiger partial charge is 0.169 e. The number of aromatic hydroxyl groups is 5. The van der Waals surface area contributed by atoms with Gasteiger partial charge >= 0.3 is 0 Å². The van der Waals surface area contributed by atoms with Crippen LogP contribution in [0.1, 0.15) is 85.6 Å². The van der Waals surface area contributed by atoms with Crippen LogP contribution in [0.15, 0.2) is 82.8 Å². The Morgan fingerprint density at radius 1 is 0.754 bits per heavy atom. The lowest BCUT2D eigenvalue weighted by molar-refractivity contribution is -0.142. The van der Waals surface area contributed by atoms with Crippen LogP contribution in [-0.2, 0) is 19.4 Å². The van der Waals surface area contributed by atoms with Gasteiger partial charge in [0.1, 0.15) is 12.4 Å². The predicted octanol–water partition coefficient (Wildman–Crippen LogP) is 8.57. The zero-order chi connectivity index (χ0) is 39.4. The van der Waals surface area contributed by atoms with E-state index in [2.05, 4.69) is 46.7 Å². The maximum absolute atomic E-state index is 12.0. The SMILES string of the molecule is Oc1ccc(/C=C/c2c(CCc3ccc(CNC[C@]4(C5=NCN=C5)[C@H]5[C@H](O)C=C[C@@H]6CCC[C@@]65CCC45CCCC5)cc3)c(O)c(O)c3c(O)cccc23)cc1O. The fourth-order valence-corrected chi connectivity index (χ4v) is 12.2. The molecule has 4 aliphatic carbocycles. The van der Waals surface area contributed by atoms with E-state index >= 15 is 0 Å². The Balaban J connectivity index is 0.962. The summed E-state index contributed by atoms with van der Waals surface area (Å²) >= 11 is 0. The Kier molecular flexibility index (Phi) is 9.64. The molecule has 1 heterocycles. The van der Waals surface area contributed by atoms with Crippen LogP contribution in [0.5, 0.6) is 28.7 Å². The summed E-state index contributed by atoms with van der Waals surface area (Å²) in [5.41, 5.74) is 5.04. The van der Waals surface area contributed by atoms with Gasteiger partial charge in [-0.25, -0.2) is 0 Å². The van der Waals surface area contributed by atoms with Crippen LogP contribution < -0.4 is 5.32 Å². The van der Waals surface area contributed by atoms with Crippen LogP contribution in [0.3, 0.4) is 0 Å². The second-order valence-corrected chi connectivity index (χ2v) is 17.3. The number of phenolic OH excluding ortho intramolecular Hbond substituents is 5. The number of nitrogens with zero attached hydrogens (tertiary/aromatic N) is 2. The Bertz CT molecular complexity index is 2310. The molecule has 4 aromatic rings. The molecule has 7 N–H and O–H groups in total. The number of hydrogen-bond acceptors (Lipinski definition) is 9. The lowest BCUT2D eigenvalue weighted by Gasteiger charge is -2.65. The largest absolute Gasteiger partial charge is 0.507 e. The third kappa shape index (κ3) is 6.13. The second-order valence-electron chi connectivity index (χ2n) is 17.3. The van der Waals surface area contributed by atoms with E-state index in [4.69, 9.17) is 4.99 Å². The molecule has 5 aliphatic rings. The van der Waals surface area contributed by atoms with Crippen molar-refractivity contribution in [1.82, 2.24) is 5.32 Å². The minimum Gasteiger partial charge on any atom is -0.507 e. The third-order valence-corrected chi connectivity index (χ3v) is 14.8. The zero-order valence-electron chi connectivity index (χ0n) is 32.4. The molecule has 296 valence electrons. The highest BCUT2D eigenvalue weighted by Gasteiger charge is 2.70. The first-order chi connectivity index (χ1) is 27.7. The Labute approximate surface area is 333 Å². The van der Waals surface area contributed by atoms with E-state index in [1.165, 1.54) is 76.0 Å². The second kappa shape index (κ2) is 14.7. The first-order valence-corrected chi connectivity index (χ1v) is 20.7. The highest BCUT2D eigenvalue weighted by atomic mass is 16.3. The van der Waals surface area contributed by atoms with Crippen molar-refractivity contribution in [2.45, 2.75) is 83.3 Å². The number of hydrogen-bond donors (Lipinski definition) is 7. The molecule has 1 aliphatic heterocycles.